The third kappa shape index (κ3) is 3.70. The van der Waals surface area contributed by atoms with Gasteiger partial charge in [0.25, 0.3) is 0 Å². The first kappa shape index (κ1) is 14.8. The molecular formula is C16H22ClFO. The van der Waals surface area contributed by atoms with Gasteiger partial charge >= 0.3 is 0 Å². The molecule has 1 atom stereocenters. The first-order chi connectivity index (χ1) is 8.89. The van der Waals surface area contributed by atoms with Gasteiger partial charge < -0.3 is 5.11 Å². The second kappa shape index (κ2) is 5.80. The summed E-state index contributed by atoms with van der Waals surface area (Å²) in [6, 6.07) is 4.67. The molecule has 1 saturated carbocycles. The van der Waals surface area contributed by atoms with Gasteiger partial charge in [-0.05, 0) is 49.1 Å². The van der Waals surface area contributed by atoms with E-state index in [1.807, 2.05) is 0 Å². The van der Waals surface area contributed by atoms with Crippen LogP contribution in [0.5, 0.6) is 0 Å². The van der Waals surface area contributed by atoms with E-state index in [0.29, 0.717) is 22.4 Å². The van der Waals surface area contributed by atoms with E-state index in [-0.39, 0.29) is 11.7 Å². The smallest absolute Gasteiger partial charge is 0.127 e. The van der Waals surface area contributed by atoms with Crippen molar-refractivity contribution in [3.8, 4) is 0 Å². The third-order valence-corrected chi connectivity index (χ3v) is 4.76. The molecule has 1 aromatic carbocycles. The second-order valence-corrected chi connectivity index (χ2v) is 6.88. The van der Waals surface area contributed by atoms with Crippen LogP contribution in [-0.2, 0) is 6.42 Å². The van der Waals surface area contributed by atoms with Crippen LogP contribution in [-0.4, -0.2) is 11.2 Å². The van der Waals surface area contributed by atoms with Gasteiger partial charge in [0.15, 0.2) is 0 Å². The van der Waals surface area contributed by atoms with Gasteiger partial charge in [0, 0.05) is 17.0 Å². The monoisotopic (exact) mass is 284 g/mol. The van der Waals surface area contributed by atoms with Crippen LogP contribution < -0.4 is 0 Å². The maximum atomic E-state index is 13.7. The molecule has 1 fully saturated rings. The summed E-state index contributed by atoms with van der Waals surface area (Å²) in [5, 5.41) is 10.7. The Kier molecular flexibility index (Phi) is 4.52. The third-order valence-electron chi connectivity index (χ3n) is 4.40. The molecule has 0 spiro atoms. The minimum atomic E-state index is -0.495. The lowest BCUT2D eigenvalue weighted by atomic mass is 9.71. The standard InChI is InChI=1S/C16H22ClFO/c1-16(2)8-6-11(7-9-16)15(19)10-12-13(17)4-3-5-14(12)18/h3-5,11,15,19H,6-10H2,1-2H3. The van der Waals surface area contributed by atoms with Gasteiger partial charge in [-0.15, -0.1) is 0 Å². The van der Waals surface area contributed by atoms with E-state index >= 15 is 0 Å². The predicted molar refractivity (Wildman–Crippen MR) is 76.9 cm³/mol. The summed E-state index contributed by atoms with van der Waals surface area (Å²) in [6.45, 7) is 4.53. The lowest BCUT2D eigenvalue weighted by molar-refractivity contribution is 0.0571. The Bertz CT molecular complexity index is 414. The largest absolute Gasteiger partial charge is 0.392 e. The number of aliphatic hydroxyl groups is 1. The highest BCUT2D eigenvalue weighted by Crippen LogP contribution is 2.40. The molecule has 0 saturated heterocycles. The molecule has 1 N–H and O–H groups in total. The van der Waals surface area contributed by atoms with Crippen molar-refractivity contribution < 1.29 is 9.50 Å². The van der Waals surface area contributed by atoms with Crippen molar-refractivity contribution >= 4 is 11.6 Å². The Morgan fingerprint density at radius 3 is 2.58 bits per heavy atom. The van der Waals surface area contributed by atoms with Crippen LogP contribution in [0.25, 0.3) is 0 Å². The summed E-state index contributed by atoms with van der Waals surface area (Å²) in [6.07, 6.45) is 4.10. The van der Waals surface area contributed by atoms with Crippen LogP contribution in [0.1, 0.15) is 45.1 Å². The average Bonchev–Trinajstić information content (AvgIpc) is 2.33. The molecule has 0 radical (unpaired) electrons. The van der Waals surface area contributed by atoms with Crippen molar-refractivity contribution in [3.63, 3.8) is 0 Å². The molecule has 0 aromatic heterocycles. The predicted octanol–water partition coefficient (Wildman–Crippen LogP) is 4.60. The highest BCUT2D eigenvalue weighted by molar-refractivity contribution is 6.31. The maximum absolute atomic E-state index is 13.7. The van der Waals surface area contributed by atoms with Crippen LogP contribution in [0.3, 0.4) is 0 Å². The lowest BCUT2D eigenvalue weighted by Crippen LogP contribution is -2.30. The number of halogens is 2. The van der Waals surface area contributed by atoms with Gasteiger partial charge in [0.1, 0.15) is 5.82 Å². The zero-order valence-corrected chi connectivity index (χ0v) is 12.4. The second-order valence-electron chi connectivity index (χ2n) is 6.47. The number of benzene rings is 1. The molecule has 1 aromatic rings. The fourth-order valence-electron chi connectivity index (χ4n) is 2.91. The number of hydrogen-bond acceptors (Lipinski definition) is 1. The first-order valence-electron chi connectivity index (χ1n) is 7.00. The van der Waals surface area contributed by atoms with Crippen molar-refractivity contribution in [3.05, 3.63) is 34.6 Å². The zero-order valence-electron chi connectivity index (χ0n) is 11.6. The van der Waals surface area contributed by atoms with Gasteiger partial charge in [-0.3, -0.25) is 0 Å². The fraction of sp³-hybridized carbons (Fsp3) is 0.625. The summed E-state index contributed by atoms with van der Waals surface area (Å²) in [4.78, 5) is 0. The van der Waals surface area contributed by atoms with Gasteiger partial charge in [0.2, 0.25) is 0 Å². The van der Waals surface area contributed by atoms with E-state index < -0.39 is 6.10 Å². The Morgan fingerprint density at radius 1 is 1.37 bits per heavy atom. The topological polar surface area (TPSA) is 20.2 Å². The van der Waals surface area contributed by atoms with Gasteiger partial charge in [-0.1, -0.05) is 31.5 Å². The minimum Gasteiger partial charge on any atom is -0.392 e. The van der Waals surface area contributed by atoms with Crippen LogP contribution in [0.2, 0.25) is 5.02 Å². The van der Waals surface area contributed by atoms with Crippen molar-refractivity contribution in [1.29, 1.82) is 0 Å². The maximum Gasteiger partial charge on any atom is 0.127 e. The zero-order chi connectivity index (χ0) is 14.0. The van der Waals surface area contributed by atoms with Gasteiger partial charge in [0.05, 0.1) is 6.10 Å². The van der Waals surface area contributed by atoms with Crippen molar-refractivity contribution in [2.24, 2.45) is 11.3 Å². The molecular weight excluding hydrogens is 263 g/mol. The van der Waals surface area contributed by atoms with Gasteiger partial charge in [-0.2, -0.15) is 0 Å². The lowest BCUT2D eigenvalue weighted by Gasteiger charge is -2.36. The Hall–Kier alpha value is -0.600. The van der Waals surface area contributed by atoms with E-state index in [0.717, 1.165) is 25.7 Å². The molecule has 2 rings (SSSR count). The van der Waals surface area contributed by atoms with Crippen molar-refractivity contribution in [1.82, 2.24) is 0 Å². The molecule has 1 aliphatic rings. The number of aliphatic hydroxyl groups excluding tert-OH is 1. The molecule has 1 aliphatic carbocycles. The Balaban J connectivity index is 2.00. The normalized spacial score (nSPS) is 21.3. The summed E-state index contributed by atoms with van der Waals surface area (Å²) in [5.74, 6) is -0.0496. The molecule has 3 heteroatoms. The minimum absolute atomic E-state index is 0.267. The highest BCUT2D eigenvalue weighted by Gasteiger charge is 2.31. The summed E-state index contributed by atoms with van der Waals surface area (Å²) in [5.41, 5.74) is 0.827. The molecule has 1 nitrogen and oxygen atoms in total. The van der Waals surface area contributed by atoms with Crippen molar-refractivity contribution in [2.45, 2.75) is 52.1 Å². The summed E-state index contributed by atoms with van der Waals surface area (Å²) < 4.78 is 13.7. The van der Waals surface area contributed by atoms with Crippen LogP contribution >= 0.6 is 11.6 Å². The summed E-state index contributed by atoms with van der Waals surface area (Å²) >= 11 is 6.01. The number of rotatable bonds is 3. The Morgan fingerprint density at radius 2 is 2.00 bits per heavy atom. The quantitative estimate of drug-likeness (QED) is 0.860. The molecule has 19 heavy (non-hydrogen) atoms. The molecule has 0 bridgehead atoms. The average molecular weight is 285 g/mol. The van der Waals surface area contributed by atoms with E-state index in [4.69, 9.17) is 11.6 Å². The molecule has 0 amide bonds. The Labute approximate surface area is 119 Å². The van der Waals surface area contributed by atoms with Crippen LogP contribution in [0.4, 0.5) is 4.39 Å². The van der Waals surface area contributed by atoms with E-state index in [2.05, 4.69) is 13.8 Å². The fourth-order valence-corrected chi connectivity index (χ4v) is 3.15. The molecule has 0 heterocycles. The van der Waals surface area contributed by atoms with E-state index in [1.165, 1.54) is 6.07 Å². The van der Waals surface area contributed by atoms with Crippen molar-refractivity contribution in [2.75, 3.05) is 0 Å². The molecule has 1 unspecified atom stereocenters. The SMILES string of the molecule is CC1(C)CCC(C(O)Cc2c(F)cccc2Cl)CC1. The summed E-state index contributed by atoms with van der Waals surface area (Å²) in [7, 11) is 0. The first-order valence-corrected chi connectivity index (χ1v) is 7.38. The molecule has 106 valence electrons. The van der Waals surface area contributed by atoms with Crippen LogP contribution in [0.15, 0.2) is 18.2 Å². The van der Waals surface area contributed by atoms with E-state index in [9.17, 15) is 9.50 Å². The number of hydrogen-bond donors (Lipinski definition) is 1. The molecule has 0 aliphatic heterocycles. The van der Waals surface area contributed by atoms with Gasteiger partial charge in [-0.25, -0.2) is 4.39 Å². The van der Waals surface area contributed by atoms with E-state index in [1.54, 1.807) is 12.1 Å². The van der Waals surface area contributed by atoms with Crippen LogP contribution in [0, 0.1) is 17.2 Å². The highest BCUT2D eigenvalue weighted by atomic mass is 35.5.